The molecule has 2 N–H and O–H groups in total. The van der Waals surface area contributed by atoms with E-state index in [1.165, 1.54) is 11.3 Å². The summed E-state index contributed by atoms with van der Waals surface area (Å²) in [6, 6.07) is 6.57. The molecule has 0 atom stereocenters. The van der Waals surface area contributed by atoms with E-state index < -0.39 is 10.0 Å². The normalized spacial score (nSPS) is 11.3. The zero-order valence-electron chi connectivity index (χ0n) is 14.1. The highest BCUT2D eigenvalue weighted by molar-refractivity contribution is 7.99. The molecule has 0 radical (unpaired) electrons. The second-order valence-electron chi connectivity index (χ2n) is 5.13. The lowest BCUT2D eigenvalue weighted by atomic mass is 10.2. The summed E-state index contributed by atoms with van der Waals surface area (Å²) < 4.78 is 31.1. The average Bonchev–Trinajstić information content (AvgIpc) is 3.32. The fourth-order valence-electron chi connectivity index (χ4n) is 1.89. The van der Waals surface area contributed by atoms with Crippen LogP contribution in [0, 0.1) is 0 Å². The number of thioether (sulfide) groups is 1. The summed E-state index contributed by atoms with van der Waals surface area (Å²) in [5, 5.41) is 13.1. The third-order valence-electron chi connectivity index (χ3n) is 3.20. The van der Waals surface area contributed by atoms with Crippen molar-refractivity contribution < 1.29 is 17.6 Å². The number of rotatable bonds is 8. The third kappa shape index (κ3) is 5.52. The van der Waals surface area contributed by atoms with Gasteiger partial charge in [-0.15, -0.1) is 21.5 Å². The maximum atomic E-state index is 11.8. The van der Waals surface area contributed by atoms with Gasteiger partial charge in [0.1, 0.15) is 0 Å². The van der Waals surface area contributed by atoms with E-state index in [2.05, 4.69) is 25.2 Å². The van der Waals surface area contributed by atoms with E-state index in [0.29, 0.717) is 16.4 Å². The Labute approximate surface area is 163 Å². The van der Waals surface area contributed by atoms with Gasteiger partial charge in [0.15, 0.2) is 5.13 Å². The average molecular weight is 426 g/mol. The Morgan fingerprint density at radius 1 is 1.26 bits per heavy atom. The summed E-state index contributed by atoms with van der Waals surface area (Å²) in [7, 11) is -3.33. The monoisotopic (exact) mass is 425 g/mol. The van der Waals surface area contributed by atoms with Crippen LogP contribution in [0.2, 0.25) is 0 Å². The van der Waals surface area contributed by atoms with Crippen LogP contribution in [-0.2, 0) is 14.8 Å². The number of thiazole rings is 1. The molecule has 0 aliphatic carbocycles. The molecular weight excluding hydrogens is 410 g/mol. The number of nitrogens with zero attached hydrogens (tertiary/aromatic N) is 3. The molecule has 0 fully saturated rings. The van der Waals surface area contributed by atoms with Gasteiger partial charge in [-0.05, 0) is 31.2 Å². The number of anilines is 2. The molecule has 0 aliphatic heterocycles. The first-order chi connectivity index (χ1) is 12.9. The number of hydrogen-bond donors (Lipinski definition) is 2. The zero-order valence-corrected chi connectivity index (χ0v) is 16.5. The van der Waals surface area contributed by atoms with Crippen molar-refractivity contribution >= 4 is 49.8 Å². The first-order valence-corrected chi connectivity index (χ1v) is 11.2. The first kappa shape index (κ1) is 19.3. The van der Waals surface area contributed by atoms with Crippen LogP contribution in [0.25, 0.3) is 11.5 Å². The van der Waals surface area contributed by atoms with Crippen LogP contribution in [0.5, 0.6) is 0 Å². The van der Waals surface area contributed by atoms with Gasteiger partial charge in [0.05, 0.1) is 11.5 Å². The molecule has 1 aromatic carbocycles. The number of nitrogens with one attached hydrogen (secondary N) is 2. The second-order valence-corrected chi connectivity index (χ2v) is 8.96. The van der Waals surface area contributed by atoms with Crippen molar-refractivity contribution in [1.82, 2.24) is 15.2 Å². The largest absolute Gasteiger partial charge is 0.411 e. The number of carbonyl (C=O) groups is 1. The van der Waals surface area contributed by atoms with Crippen molar-refractivity contribution in [3.8, 4) is 11.5 Å². The molecule has 3 rings (SSSR count). The molecule has 12 heteroatoms. The fourth-order valence-corrected chi connectivity index (χ4v) is 3.63. The zero-order chi connectivity index (χ0) is 19.3. The van der Waals surface area contributed by atoms with Gasteiger partial charge in [0.25, 0.3) is 5.22 Å². The summed E-state index contributed by atoms with van der Waals surface area (Å²) in [5.41, 5.74) is 1.09. The molecule has 2 heterocycles. The summed E-state index contributed by atoms with van der Waals surface area (Å²) in [6.07, 6.45) is 1.61. The van der Waals surface area contributed by atoms with Gasteiger partial charge >= 0.3 is 0 Å². The van der Waals surface area contributed by atoms with E-state index in [9.17, 15) is 13.2 Å². The smallest absolute Gasteiger partial charge is 0.277 e. The number of carbonyl (C=O) groups excluding carboxylic acids is 1. The summed E-state index contributed by atoms with van der Waals surface area (Å²) in [4.78, 5) is 15.8. The van der Waals surface area contributed by atoms with Gasteiger partial charge < -0.3 is 9.73 Å². The molecule has 27 heavy (non-hydrogen) atoms. The minimum atomic E-state index is -3.33. The van der Waals surface area contributed by atoms with E-state index in [1.807, 2.05) is 0 Å². The van der Waals surface area contributed by atoms with Crippen molar-refractivity contribution in [2.45, 2.75) is 12.1 Å². The van der Waals surface area contributed by atoms with Crippen molar-refractivity contribution in [3.63, 3.8) is 0 Å². The van der Waals surface area contributed by atoms with E-state index in [-0.39, 0.29) is 28.5 Å². The molecule has 9 nitrogen and oxygen atoms in total. The van der Waals surface area contributed by atoms with Gasteiger partial charge in [-0.25, -0.2) is 13.4 Å². The molecule has 0 bridgehead atoms. The maximum Gasteiger partial charge on any atom is 0.277 e. The van der Waals surface area contributed by atoms with E-state index >= 15 is 0 Å². The molecule has 0 unspecified atom stereocenters. The molecule has 1 amide bonds. The fraction of sp³-hybridized carbons (Fsp3) is 0.200. The van der Waals surface area contributed by atoms with Gasteiger partial charge in [0.2, 0.25) is 21.8 Å². The van der Waals surface area contributed by atoms with Crippen LogP contribution >= 0.6 is 23.1 Å². The number of sulfonamides is 1. The molecule has 0 aliphatic rings. The summed E-state index contributed by atoms with van der Waals surface area (Å²) in [6.45, 7) is 1.56. The van der Waals surface area contributed by atoms with E-state index in [1.54, 1.807) is 42.8 Å². The Morgan fingerprint density at radius 3 is 2.70 bits per heavy atom. The molecule has 0 saturated heterocycles. The topological polar surface area (TPSA) is 127 Å². The lowest BCUT2D eigenvalue weighted by molar-refractivity contribution is -0.113. The molecule has 142 valence electrons. The second kappa shape index (κ2) is 8.50. The summed E-state index contributed by atoms with van der Waals surface area (Å²) in [5.74, 6) is 0.165. The molecule has 2 aromatic heterocycles. The van der Waals surface area contributed by atoms with Gasteiger partial charge in [-0.1, -0.05) is 11.8 Å². The summed E-state index contributed by atoms with van der Waals surface area (Å²) >= 11 is 2.45. The van der Waals surface area contributed by atoms with Crippen LogP contribution in [0.3, 0.4) is 0 Å². The minimum Gasteiger partial charge on any atom is -0.411 e. The Balaban J connectivity index is 1.57. The highest BCUT2D eigenvalue weighted by Gasteiger charge is 2.13. The quantitative estimate of drug-likeness (QED) is 0.527. The highest BCUT2D eigenvalue weighted by atomic mass is 32.2. The molecule has 3 aromatic rings. The van der Waals surface area contributed by atoms with Crippen LogP contribution in [0.1, 0.15) is 6.92 Å². The maximum absolute atomic E-state index is 11.8. The molecule has 0 saturated carbocycles. The standard InChI is InChI=1S/C15H15N5O4S3/c1-2-27(22,23)20-11-5-3-10(4-6-11)13-18-19-15(24-13)26-9-12(21)17-14-16-7-8-25-14/h3-8,20H,2,9H2,1H3,(H,16,17,21). The van der Waals surface area contributed by atoms with Crippen LogP contribution in [-0.4, -0.2) is 41.0 Å². The molecular formula is C15H15N5O4S3. The lowest BCUT2D eigenvalue weighted by Crippen LogP contribution is -2.14. The van der Waals surface area contributed by atoms with Crippen LogP contribution in [0.4, 0.5) is 10.8 Å². The Bertz CT molecular complexity index is 1000. The number of hydrogen-bond acceptors (Lipinski definition) is 9. The van der Waals surface area contributed by atoms with Gasteiger partial charge in [-0.3, -0.25) is 9.52 Å². The SMILES string of the molecule is CCS(=O)(=O)Nc1ccc(-c2nnc(SCC(=O)Nc3nccs3)o2)cc1. The molecule has 0 spiro atoms. The predicted octanol–water partition coefficient (Wildman–Crippen LogP) is 2.69. The van der Waals surface area contributed by atoms with Crippen molar-refractivity contribution in [2.75, 3.05) is 21.5 Å². The third-order valence-corrected chi connectivity index (χ3v) is 6.01. The number of amides is 1. The Kier molecular flexibility index (Phi) is 6.08. The van der Waals surface area contributed by atoms with Gasteiger partial charge in [-0.2, -0.15) is 0 Å². The first-order valence-electron chi connectivity index (χ1n) is 7.72. The Hall–Kier alpha value is -2.44. The van der Waals surface area contributed by atoms with Gasteiger partial charge in [0, 0.05) is 22.8 Å². The van der Waals surface area contributed by atoms with Crippen molar-refractivity contribution in [2.24, 2.45) is 0 Å². The van der Waals surface area contributed by atoms with E-state index in [0.717, 1.165) is 11.8 Å². The van der Waals surface area contributed by atoms with E-state index in [4.69, 9.17) is 4.42 Å². The lowest BCUT2D eigenvalue weighted by Gasteiger charge is -2.05. The number of benzene rings is 1. The Morgan fingerprint density at radius 2 is 2.04 bits per heavy atom. The van der Waals surface area contributed by atoms with Crippen molar-refractivity contribution in [1.29, 1.82) is 0 Å². The van der Waals surface area contributed by atoms with Crippen LogP contribution in [0.15, 0.2) is 45.5 Å². The predicted molar refractivity (Wildman–Crippen MR) is 104 cm³/mol. The highest BCUT2D eigenvalue weighted by Crippen LogP contribution is 2.25. The number of aromatic nitrogens is 3. The van der Waals surface area contributed by atoms with Crippen LogP contribution < -0.4 is 10.0 Å². The van der Waals surface area contributed by atoms with Crippen molar-refractivity contribution in [3.05, 3.63) is 35.8 Å². The minimum absolute atomic E-state index is 0.00484.